The van der Waals surface area contributed by atoms with Crippen molar-refractivity contribution >= 4 is 40.4 Å². The quantitative estimate of drug-likeness (QED) is 0.0742. The zero-order valence-corrected chi connectivity index (χ0v) is 21.0. The Morgan fingerprint density at radius 1 is 1.27 bits per heavy atom. The molecule has 206 valence electrons. The molecule has 5 atom stereocenters. The molecule has 21 nitrogen and oxygen atoms in total. The number of rotatable bonds is 12. The first kappa shape index (κ1) is 29.4. The lowest BCUT2D eigenvalue weighted by atomic mass is 10.2. The third-order valence-corrected chi connectivity index (χ3v) is 8.52. The first-order valence-corrected chi connectivity index (χ1v) is 14.3. The highest BCUT2D eigenvalue weighted by Crippen LogP contribution is 2.66. The van der Waals surface area contributed by atoms with Crippen molar-refractivity contribution in [2.24, 2.45) is 10.8 Å². The van der Waals surface area contributed by atoms with Crippen molar-refractivity contribution in [2.45, 2.75) is 31.4 Å². The van der Waals surface area contributed by atoms with Crippen molar-refractivity contribution in [3.63, 3.8) is 0 Å². The average Bonchev–Trinajstić information content (AvgIpc) is 3.31. The number of nitrogens with one attached hydrogen (secondary N) is 1. The highest BCUT2D eigenvalue weighted by molar-refractivity contribution is 7.66. The van der Waals surface area contributed by atoms with E-state index in [1.54, 1.807) is 0 Å². The van der Waals surface area contributed by atoms with Gasteiger partial charge in [-0.05, 0) is 11.1 Å². The number of phosphoric ester groups is 1. The van der Waals surface area contributed by atoms with Gasteiger partial charge in [-0.25, -0.2) is 13.7 Å². The number of aromatic amines is 1. The molecule has 3 rings (SSSR count). The number of anilines is 1. The second-order valence-corrected chi connectivity index (χ2v) is 11.7. The molecule has 0 spiro atoms. The summed E-state index contributed by atoms with van der Waals surface area (Å²) in [6.07, 6.45) is -1.65. The molecule has 1 aliphatic rings. The van der Waals surface area contributed by atoms with Gasteiger partial charge in [-0.2, -0.15) is 13.6 Å². The normalized spacial score (nSPS) is 23.4. The fraction of sp³-hybridized carbons (Fsp3) is 0.538. The molecule has 0 radical (unpaired) electrons. The lowest BCUT2D eigenvalue weighted by Gasteiger charge is -2.21. The minimum absolute atomic E-state index is 0.00640. The SMILES string of the molecule is [N-]=[N+]=NCO[C@@H]1C[C@H](n2cc(CN)c3c(=O)[nH]c(N)nc32)O[C@@H]1COP(=O)(O)OP(=O)(O)OP(=O)(O)O. The van der Waals surface area contributed by atoms with E-state index in [1.807, 2.05) is 0 Å². The van der Waals surface area contributed by atoms with Crippen molar-refractivity contribution in [3.05, 3.63) is 32.6 Å². The molecule has 0 aliphatic carbocycles. The number of nitrogen functional groups attached to an aromatic ring is 1. The van der Waals surface area contributed by atoms with Crippen LogP contribution in [0.1, 0.15) is 18.2 Å². The number of azide groups is 1. The van der Waals surface area contributed by atoms with Crippen LogP contribution in [0.15, 0.2) is 16.1 Å². The molecular weight excluding hydrogens is 569 g/mol. The van der Waals surface area contributed by atoms with E-state index in [9.17, 15) is 28.3 Å². The zero-order chi connectivity index (χ0) is 27.6. The van der Waals surface area contributed by atoms with E-state index >= 15 is 0 Å². The highest BCUT2D eigenvalue weighted by atomic mass is 31.3. The molecule has 2 aromatic rings. The van der Waals surface area contributed by atoms with Crippen LogP contribution in [0.3, 0.4) is 0 Å². The van der Waals surface area contributed by atoms with Gasteiger partial charge < -0.3 is 45.1 Å². The van der Waals surface area contributed by atoms with E-state index in [0.717, 1.165) is 0 Å². The third kappa shape index (κ3) is 7.67. The van der Waals surface area contributed by atoms with Gasteiger partial charge in [0, 0.05) is 24.1 Å². The van der Waals surface area contributed by atoms with E-state index in [1.165, 1.54) is 10.8 Å². The maximum absolute atomic E-state index is 12.4. The summed E-state index contributed by atoms with van der Waals surface area (Å²) in [4.78, 5) is 57.6. The summed E-state index contributed by atoms with van der Waals surface area (Å²) in [5, 5.41) is 3.37. The van der Waals surface area contributed by atoms with Gasteiger partial charge >= 0.3 is 23.5 Å². The molecule has 0 bridgehead atoms. The Bertz CT molecular complexity index is 1400. The molecule has 0 amide bonds. The van der Waals surface area contributed by atoms with Gasteiger partial charge in [0.15, 0.2) is 5.65 Å². The molecule has 9 N–H and O–H groups in total. The van der Waals surface area contributed by atoms with E-state index in [-0.39, 0.29) is 29.9 Å². The van der Waals surface area contributed by atoms with Gasteiger partial charge in [0.05, 0.1) is 18.1 Å². The Hall–Kier alpha value is -2.18. The smallest absolute Gasteiger partial charge is 0.369 e. The number of hydrogen-bond donors (Lipinski definition) is 7. The van der Waals surface area contributed by atoms with Gasteiger partial charge in [-0.3, -0.25) is 14.3 Å². The highest BCUT2D eigenvalue weighted by Gasteiger charge is 2.43. The standard InChI is InChI=1S/C13H21N8O13P3/c14-2-6-3-21(11-10(6)12(22)19-13(15)18-11)9-1-7(30-5-17-20-16)8(32-9)4-31-36(26,27)34-37(28,29)33-35(23,24)25/h3,7-9H,1-2,4-5,14H2,(H,26,27)(H,28,29)(H2,23,24,25)(H3,15,18,19,22)/t7-,8-,9-/m1/s1. The second-order valence-electron chi connectivity index (χ2n) is 7.23. The minimum atomic E-state index is -5.73. The first-order chi connectivity index (χ1) is 17.1. The molecule has 0 aromatic carbocycles. The predicted molar refractivity (Wildman–Crippen MR) is 120 cm³/mol. The summed E-state index contributed by atoms with van der Waals surface area (Å²) in [6.45, 7) is -1.36. The van der Waals surface area contributed by atoms with E-state index in [4.69, 9.17) is 36.3 Å². The summed E-state index contributed by atoms with van der Waals surface area (Å²) >= 11 is 0. The van der Waals surface area contributed by atoms with Crippen molar-refractivity contribution in [3.8, 4) is 0 Å². The number of fused-ring (bicyclic) bond motifs is 1. The van der Waals surface area contributed by atoms with Crippen LogP contribution in [-0.4, -0.2) is 59.7 Å². The number of nitrogens with two attached hydrogens (primary N) is 2. The topological polar surface area (TPSA) is 330 Å². The minimum Gasteiger partial charge on any atom is -0.369 e. The zero-order valence-electron chi connectivity index (χ0n) is 18.3. The number of ether oxygens (including phenoxy) is 2. The molecule has 37 heavy (non-hydrogen) atoms. The summed E-state index contributed by atoms with van der Waals surface area (Å²) in [6, 6.07) is 0. The number of H-pyrrole nitrogens is 1. The molecule has 2 unspecified atom stereocenters. The molecule has 1 fully saturated rings. The Kier molecular flexibility index (Phi) is 8.96. The molecular formula is C13H21N8O13P3. The van der Waals surface area contributed by atoms with Crippen LogP contribution in [0, 0.1) is 0 Å². The fourth-order valence-corrected chi connectivity index (χ4v) is 6.47. The lowest BCUT2D eigenvalue weighted by molar-refractivity contribution is -0.0582. The Morgan fingerprint density at radius 2 is 1.97 bits per heavy atom. The largest absolute Gasteiger partial charge is 0.490 e. The van der Waals surface area contributed by atoms with Crippen LogP contribution in [0.2, 0.25) is 0 Å². The summed E-state index contributed by atoms with van der Waals surface area (Å²) < 4.78 is 59.0. The number of hydrogen-bond acceptors (Lipinski definition) is 13. The van der Waals surface area contributed by atoms with Crippen LogP contribution in [-0.2, 0) is 42.9 Å². The average molecular weight is 590 g/mol. The molecule has 3 heterocycles. The van der Waals surface area contributed by atoms with Gasteiger partial charge in [0.1, 0.15) is 19.1 Å². The van der Waals surface area contributed by atoms with Crippen molar-refractivity contribution in [1.82, 2.24) is 14.5 Å². The van der Waals surface area contributed by atoms with Crippen molar-refractivity contribution in [1.29, 1.82) is 0 Å². The number of aromatic nitrogens is 3. The molecule has 1 aliphatic heterocycles. The lowest BCUT2D eigenvalue weighted by Crippen LogP contribution is -2.29. The van der Waals surface area contributed by atoms with E-state index in [0.29, 0.717) is 5.56 Å². The van der Waals surface area contributed by atoms with Gasteiger partial charge in [-0.1, -0.05) is 5.11 Å². The maximum Gasteiger partial charge on any atom is 0.490 e. The van der Waals surface area contributed by atoms with Crippen molar-refractivity contribution < 1.29 is 55.9 Å². The van der Waals surface area contributed by atoms with Crippen LogP contribution in [0.5, 0.6) is 0 Å². The van der Waals surface area contributed by atoms with E-state index in [2.05, 4.69) is 33.1 Å². The second kappa shape index (κ2) is 11.3. The Morgan fingerprint density at radius 3 is 2.59 bits per heavy atom. The predicted octanol–water partition coefficient (Wildman–Crippen LogP) is 0.0493. The molecule has 1 saturated heterocycles. The maximum atomic E-state index is 12.4. The molecule has 2 aromatic heterocycles. The summed E-state index contributed by atoms with van der Waals surface area (Å²) in [5.41, 5.74) is 19.8. The first-order valence-electron chi connectivity index (χ1n) is 9.80. The monoisotopic (exact) mass is 590 g/mol. The number of nitrogens with zero attached hydrogens (tertiary/aromatic N) is 5. The van der Waals surface area contributed by atoms with Gasteiger partial charge in [-0.15, -0.1) is 0 Å². The Labute approximate surface area is 205 Å². The molecule has 24 heteroatoms. The van der Waals surface area contributed by atoms with Crippen LogP contribution in [0.4, 0.5) is 5.95 Å². The van der Waals surface area contributed by atoms with Crippen LogP contribution < -0.4 is 17.0 Å². The number of phosphoric acid groups is 3. The third-order valence-electron chi connectivity index (χ3n) is 4.72. The summed E-state index contributed by atoms with van der Waals surface area (Å²) in [7, 11) is -16.8. The summed E-state index contributed by atoms with van der Waals surface area (Å²) in [5.74, 6) is -0.196. The molecule has 0 saturated carbocycles. The van der Waals surface area contributed by atoms with Crippen LogP contribution in [0.25, 0.3) is 21.5 Å². The van der Waals surface area contributed by atoms with E-state index < -0.39 is 60.8 Å². The van der Waals surface area contributed by atoms with Crippen LogP contribution >= 0.6 is 23.5 Å². The van der Waals surface area contributed by atoms with Crippen molar-refractivity contribution in [2.75, 3.05) is 19.1 Å². The Balaban J connectivity index is 1.83. The van der Waals surface area contributed by atoms with Gasteiger partial charge in [0.2, 0.25) is 5.95 Å². The fourth-order valence-electron chi connectivity index (χ4n) is 3.44. The van der Waals surface area contributed by atoms with Gasteiger partial charge in [0.25, 0.3) is 5.56 Å².